The lowest BCUT2D eigenvalue weighted by Crippen LogP contribution is -2.43. The zero-order chi connectivity index (χ0) is 26.0. The van der Waals surface area contributed by atoms with Gasteiger partial charge in [-0.15, -0.1) is 0 Å². The van der Waals surface area contributed by atoms with Crippen LogP contribution < -0.4 is 14.4 Å². The van der Waals surface area contributed by atoms with Gasteiger partial charge in [0.05, 0.1) is 24.1 Å². The number of carbonyl (C=O) groups excluding carboxylic acids is 2. The Hall–Kier alpha value is -3.14. The number of esters is 1. The van der Waals surface area contributed by atoms with Crippen LogP contribution in [0.5, 0.6) is 5.75 Å². The van der Waals surface area contributed by atoms with Gasteiger partial charge < -0.3 is 14.8 Å². The molecule has 2 aromatic carbocycles. The minimum Gasteiger partial charge on any atom is -0.494 e. The van der Waals surface area contributed by atoms with Crippen LogP contribution in [0.4, 0.5) is 10.1 Å². The van der Waals surface area contributed by atoms with E-state index in [1.807, 2.05) is 0 Å². The standard InChI is InChI=1S/C25H31FN2O6S/c1-16(29)27-14-18-10-19-7-6-17(12-24(30)34-25(2,3)4)11-22(19)28(15-18)35(31,32)20-8-9-21(26)23(13-20)33-5/h6-9,11,13,18H,10,12,14-15H2,1-5H3,(H,27,29)/t18-/m1/s1. The Balaban J connectivity index is 2.01. The van der Waals surface area contributed by atoms with E-state index in [0.29, 0.717) is 24.2 Å². The summed E-state index contributed by atoms with van der Waals surface area (Å²) in [7, 11) is -2.85. The first-order valence-electron chi connectivity index (χ1n) is 11.2. The third-order valence-corrected chi connectivity index (χ3v) is 7.25. The maximum Gasteiger partial charge on any atom is 0.310 e. The molecule has 0 aliphatic carbocycles. The topological polar surface area (TPSA) is 102 Å². The Labute approximate surface area is 205 Å². The van der Waals surface area contributed by atoms with Crippen LogP contribution in [0, 0.1) is 11.7 Å². The van der Waals surface area contributed by atoms with Gasteiger partial charge in [-0.3, -0.25) is 13.9 Å². The van der Waals surface area contributed by atoms with E-state index >= 15 is 0 Å². The Morgan fingerprint density at radius 1 is 1.17 bits per heavy atom. The average molecular weight is 507 g/mol. The Kier molecular flexibility index (Phi) is 7.74. The van der Waals surface area contributed by atoms with Crippen LogP contribution >= 0.6 is 0 Å². The molecule has 0 fully saturated rings. The highest BCUT2D eigenvalue weighted by atomic mass is 32.2. The largest absolute Gasteiger partial charge is 0.494 e. The number of hydrogen-bond donors (Lipinski definition) is 1. The lowest BCUT2D eigenvalue weighted by atomic mass is 9.92. The molecule has 0 bridgehead atoms. The van der Waals surface area contributed by atoms with E-state index in [-0.39, 0.29) is 35.4 Å². The molecule has 0 saturated carbocycles. The maximum atomic E-state index is 14.0. The monoisotopic (exact) mass is 506 g/mol. The fourth-order valence-corrected chi connectivity index (χ4v) is 5.54. The number of rotatable bonds is 7. The fraction of sp³-hybridized carbons (Fsp3) is 0.440. The van der Waals surface area contributed by atoms with E-state index in [2.05, 4.69) is 5.32 Å². The Morgan fingerprint density at radius 2 is 1.89 bits per heavy atom. The summed E-state index contributed by atoms with van der Waals surface area (Å²) in [6.07, 6.45) is 0.527. The highest BCUT2D eigenvalue weighted by Gasteiger charge is 2.34. The summed E-state index contributed by atoms with van der Waals surface area (Å²) in [5, 5.41) is 2.75. The molecule has 8 nitrogen and oxygen atoms in total. The van der Waals surface area contributed by atoms with Crippen LogP contribution in [0.2, 0.25) is 0 Å². The van der Waals surface area contributed by atoms with Gasteiger partial charge in [0.1, 0.15) is 5.60 Å². The van der Waals surface area contributed by atoms with Crippen molar-refractivity contribution in [1.29, 1.82) is 0 Å². The molecule has 1 amide bonds. The Bertz CT molecular complexity index is 1220. The van der Waals surface area contributed by atoms with Gasteiger partial charge in [-0.2, -0.15) is 0 Å². The molecule has 0 saturated heterocycles. The second-order valence-electron chi connectivity index (χ2n) is 9.57. The zero-order valence-corrected chi connectivity index (χ0v) is 21.4. The molecule has 0 radical (unpaired) electrons. The molecule has 1 heterocycles. The number of fused-ring (bicyclic) bond motifs is 1. The first kappa shape index (κ1) is 26.5. The van der Waals surface area contributed by atoms with Gasteiger partial charge in [-0.1, -0.05) is 12.1 Å². The number of benzene rings is 2. The predicted octanol–water partition coefficient (Wildman–Crippen LogP) is 3.22. The van der Waals surface area contributed by atoms with E-state index in [4.69, 9.17) is 9.47 Å². The molecule has 1 aliphatic rings. The van der Waals surface area contributed by atoms with Crippen LogP contribution in [0.1, 0.15) is 38.8 Å². The number of nitrogens with zero attached hydrogens (tertiary/aromatic N) is 1. The van der Waals surface area contributed by atoms with Crippen molar-refractivity contribution in [1.82, 2.24) is 5.32 Å². The smallest absolute Gasteiger partial charge is 0.310 e. The molecule has 190 valence electrons. The molecule has 1 aliphatic heterocycles. The van der Waals surface area contributed by atoms with Crippen LogP contribution in [0.15, 0.2) is 41.3 Å². The normalized spacial score (nSPS) is 15.8. The highest BCUT2D eigenvalue weighted by Crippen LogP contribution is 2.36. The summed E-state index contributed by atoms with van der Waals surface area (Å²) in [5.74, 6) is -1.67. The van der Waals surface area contributed by atoms with Gasteiger partial charge in [0.25, 0.3) is 10.0 Å². The molecule has 0 unspecified atom stereocenters. The van der Waals surface area contributed by atoms with Crippen molar-refractivity contribution in [2.75, 3.05) is 24.5 Å². The van der Waals surface area contributed by atoms with Gasteiger partial charge >= 0.3 is 5.97 Å². The number of ether oxygens (including phenoxy) is 2. The number of halogens is 1. The third kappa shape index (κ3) is 6.50. The van der Waals surface area contributed by atoms with Crippen molar-refractivity contribution in [2.24, 2.45) is 5.92 Å². The molecule has 3 rings (SSSR count). The molecule has 10 heteroatoms. The van der Waals surface area contributed by atoms with E-state index in [9.17, 15) is 22.4 Å². The molecular weight excluding hydrogens is 475 g/mol. The number of methoxy groups -OCH3 is 1. The molecule has 35 heavy (non-hydrogen) atoms. The van der Waals surface area contributed by atoms with Crippen molar-refractivity contribution in [3.8, 4) is 5.75 Å². The fourth-order valence-electron chi connectivity index (χ4n) is 3.96. The summed E-state index contributed by atoms with van der Waals surface area (Å²) in [5.41, 5.74) is 1.17. The maximum absolute atomic E-state index is 14.0. The first-order chi connectivity index (χ1) is 16.3. The minimum atomic E-state index is -4.11. The first-order valence-corrected chi connectivity index (χ1v) is 12.7. The van der Waals surface area contributed by atoms with E-state index in [0.717, 1.165) is 17.7 Å². The number of hydrogen-bond acceptors (Lipinski definition) is 6. The SMILES string of the molecule is COc1cc(S(=O)(=O)N2C[C@@H](CNC(C)=O)Cc3ccc(CC(=O)OC(C)(C)C)cc32)ccc1F. The number of amides is 1. The second kappa shape index (κ2) is 10.2. The van der Waals surface area contributed by atoms with E-state index < -0.39 is 27.4 Å². The Morgan fingerprint density at radius 3 is 2.51 bits per heavy atom. The van der Waals surface area contributed by atoms with Gasteiger partial charge in [0.15, 0.2) is 11.6 Å². The molecule has 1 atom stereocenters. The van der Waals surface area contributed by atoms with Gasteiger partial charge in [0.2, 0.25) is 5.91 Å². The average Bonchev–Trinajstić information content (AvgIpc) is 2.76. The summed E-state index contributed by atoms with van der Waals surface area (Å²) in [4.78, 5) is 23.7. The number of carbonyl (C=O) groups is 2. The lowest BCUT2D eigenvalue weighted by Gasteiger charge is -2.35. The quantitative estimate of drug-likeness (QED) is 0.579. The summed E-state index contributed by atoms with van der Waals surface area (Å²) < 4.78 is 53.0. The second-order valence-corrected chi connectivity index (χ2v) is 11.4. The number of sulfonamides is 1. The van der Waals surface area contributed by atoms with Crippen LogP contribution in [0.25, 0.3) is 0 Å². The molecule has 1 N–H and O–H groups in total. The zero-order valence-electron chi connectivity index (χ0n) is 20.6. The molecular formula is C25H31FN2O6S. The van der Waals surface area contributed by atoms with Crippen molar-refractivity contribution < 1.29 is 31.9 Å². The number of nitrogens with one attached hydrogen (secondary N) is 1. The summed E-state index contributed by atoms with van der Waals surface area (Å²) in [6, 6.07) is 8.62. The van der Waals surface area contributed by atoms with Crippen LogP contribution in [0.3, 0.4) is 0 Å². The van der Waals surface area contributed by atoms with Crippen molar-refractivity contribution in [2.45, 2.75) is 51.0 Å². The predicted molar refractivity (Wildman–Crippen MR) is 129 cm³/mol. The summed E-state index contributed by atoms with van der Waals surface area (Å²) in [6.45, 7) is 7.13. The molecule has 0 spiro atoms. The molecule has 2 aromatic rings. The van der Waals surface area contributed by atoms with Crippen molar-refractivity contribution in [3.05, 3.63) is 53.3 Å². The minimum absolute atomic E-state index is 0.0157. The van der Waals surface area contributed by atoms with Crippen molar-refractivity contribution in [3.63, 3.8) is 0 Å². The van der Waals surface area contributed by atoms with E-state index in [1.54, 1.807) is 39.0 Å². The van der Waals surface area contributed by atoms with E-state index in [1.165, 1.54) is 24.4 Å². The number of anilines is 1. The van der Waals surface area contributed by atoms with Gasteiger partial charge in [-0.25, -0.2) is 12.8 Å². The highest BCUT2D eigenvalue weighted by molar-refractivity contribution is 7.92. The van der Waals surface area contributed by atoms with Gasteiger partial charge in [-0.05, 0) is 62.4 Å². The van der Waals surface area contributed by atoms with Crippen LogP contribution in [-0.4, -0.2) is 46.1 Å². The molecule has 0 aromatic heterocycles. The van der Waals surface area contributed by atoms with Gasteiger partial charge in [0, 0.05) is 26.1 Å². The van der Waals surface area contributed by atoms with Crippen molar-refractivity contribution >= 4 is 27.6 Å². The third-order valence-electron chi connectivity index (χ3n) is 5.47. The lowest BCUT2D eigenvalue weighted by molar-refractivity contribution is -0.153. The summed E-state index contributed by atoms with van der Waals surface area (Å²) >= 11 is 0. The van der Waals surface area contributed by atoms with Crippen LogP contribution in [-0.2, 0) is 37.2 Å².